The summed E-state index contributed by atoms with van der Waals surface area (Å²) in [4.78, 5) is 25.0. The fraction of sp³-hybridized carbons (Fsp3) is 0.0909. The third kappa shape index (κ3) is 2.54. The van der Waals surface area contributed by atoms with Crippen molar-refractivity contribution in [2.24, 2.45) is 0 Å². The van der Waals surface area contributed by atoms with Crippen LogP contribution in [0.15, 0.2) is 47.5 Å². The normalized spacial score (nSPS) is 10.1. The number of non-ortho nitro benzene ring substituents is 1. The molecule has 17 heavy (non-hydrogen) atoms. The van der Waals surface area contributed by atoms with Crippen molar-refractivity contribution in [2.75, 3.05) is 0 Å². The number of hydrogen-bond acceptors (Lipinski definition) is 4. The summed E-state index contributed by atoms with van der Waals surface area (Å²) in [6.07, 6.45) is 3.05. The minimum Gasteiger partial charge on any atom is -0.295 e. The van der Waals surface area contributed by atoms with Crippen LogP contribution in [0.25, 0.3) is 0 Å². The molecule has 0 radical (unpaired) electrons. The van der Waals surface area contributed by atoms with E-state index in [2.05, 4.69) is 4.98 Å². The summed E-state index contributed by atoms with van der Waals surface area (Å²) < 4.78 is 1.43. The maximum absolute atomic E-state index is 11.3. The molecule has 0 saturated carbocycles. The second kappa shape index (κ2) is 4.56. The minimum absolute atomic E-state index is 0.0345. The lowest BCUT2D eigenvalue weighted by molar-refractivity contribution is -0.384. The Morgan fingerprint density at radius 2 is 2.00 bits per heavy atom. The third-order valence-electron chi connectivity index (χ3n) is 2.28. The highest BCUT2D eigenvalue weighted by Crippen LogP contribution is 2.12. The van der Waals surface area contributed by atoms with Crippen molar-refractivity contribution in [3.8, 4) is 0 Å². The Morgan fingerprint density at radius 3 is 2.59 bits per heavy atom. The van der Waals surface area contributed by atoms with Gasteiger partial charge in [-0.05, 0) is 11.6 Å². The molecule has 0 amide bonds. The average molecular weight is 231 g/mol. The topological polar surface area (TPSA) is 78.0 Å². The monoisotopic (exact) mass is 231 g/mol. The number of aromatic nitrogens is 2. The van der Waals surface area contributed by atoms with Crippen molar-refractivity contribution in [1.29, 1.82) is 0 Å². The minimum atomic E-state index is -0.458. The highest BCUT2D eigenvalue weighted by molar-refractivity contribution is 5.32. The van der Waals surface area contributed by atoms with Gasteiger partial charge in [-0.15, -0.1) is 0 Å². The summed E-state index contributed by atoms with van der Waals surface area (Å²) in [5, 5.41) is 10.5. The fourth-order valence-corrected chi connectivity index (χ4v) is 1.43. The molecular formula is C11H9N3O3. The van der Waals surface area contributed by atoms with Crippen molar-refractivity contribution >= 4 is 5.69 Å². The molecule has 0 atom stereocenters. The zero-order chi connectivity index (χ0) is 12.3. The molecule has 1 heterocycles. The van der Waals surface area contributed by atoms with E-state index in [1.165, 1.54) is 22.9 Å². The maximum Gasteiger partial charge on any atom is 0.347 e. The first kappa shape index (κ1) is 11.0. The number of nitro benzene ring substituents is 1. The van der Waals surface area contributed by atoms with Crippen LogP contribution in [0, 0.1) is 10.1 Å². The highest BCUT2D eigenvalue weighted by atomic mass is 16.6. The van der Waals surface area contributed by atoms with Gasteiger partial charge in [0.25, 0.3) is 5.69 Å². The number of benzene rings is 1. The van der Waals surface area contributed by atoms with Gasteiger partial charge in [-0.25, -0.2) is 9.78 Å². The first-order chi connectivity index (χ1) is 8.16. The van der Waals surface area contributed by atoms with Crippen LogP contribution in [-0.2, 0) is 6.54 Å². The summed E-state index contributed by atoms with van der Waals surface area (Å²) >= 11 is 0. The first-order valence-electron chi connectivity index (χ1n) is 4.91. The summed E-state index contributed by atoms with van der Waals surface area (Å²) in [7, 11) is 0. The summed E-state index contributed by atoms with van der Waals surface area (Å²) in [6.45, 7) is 0.352. The molecule has 2 aromatic rings. The standard InChI is InChI=1S/C11H9N3O3/c15-11-12-6-1-7-13(11)8-9-2-4-10(5-3-9)14(16)17/h1-7H,8H2. The van der Waals surface area contributed by atoms with E-state index in [0.29, 0.717) is 6.54 Å². The van der Waals surface area contributed by atoms with E-state index in [4.69, 9.17) is 0 Å². The lowest BCUT2D eigenvalue weighted by Gasteiger charge is -2.03. The van der Waals surface area contributed by atoms with Crippen LogP contribution in [0.2, 0.25) is 0 Å². The van der Waals surface area contributed by atoms with Gasteiger partial charge in [0.2, 0.25) is 0 Å². The summed E-state index contributed by atoms with van der Waals surface area (Å²) in [5.74, 6) is 0. The molecule has 2 rings (SSSR count). The van der Waals surface area contributed by atoms with Gasteiger partial charge in [0.15, 0.2) is 0 Å². The molecule has 0 bridgehead atoms. The van der Waals surface area contributed by atoms with Crippen molar-refractivity contribution in [2.45, 2.75) is 6.54 Å². The van der Waals surface area contributed by atoms with Crippen LogP contribution in [-0.4, -0.2) is 14.5 Å². The Kier molecular flexibility index (Phi) is 2.95. The molecule has 0 N–H and O–H groups in total. The molecule has 6 nitrogen and oxygen atoms in total. The van der Waals surface area contributed by atoms with Crippen LogP contribution >= 0.6 is 0 Å². The SMILES string of the molecule is O=c1ncccn1Cc1ccc([N+](=O)[O-])cc1. The quantitative estimate of drug-likeness (QED) is 0.587. The van der Waals surface area contributed by atoms with Gasteiger partial charge < -0.3 is 0 Å². The second-order valence-electron chi connectivity index (χ2n) is 3.45. The molecule has 1 aromatic heterocycles. The lowest BCUT2D eigenvalue weighted by atomic mass is 10.2. The highest BCUT2D eigenvalue weighted by Gasteiger charge is 2.04. The Balaban J connectivity index is 2.23. The fourth-order valence-electron chi connectivity index (χ4n) is 1.43. The van der Waals surface area contributed by atoms with Gasteiger partial charge in [-0.1, -0.05) is 12.1 Å². The summed E-state index contributed by atoms with van der Waals surface area (Å²) in [5.41, 5.74) is 0.504. The largest absolute Gasteiger partial charge is 0.347 e. The van der Waals surface area contributed by atoms with Crippen LogP contribution in [0.1, 0.15) is 5.56 Å². The van der Waals surface area contributed by atoms with Crippen LogP contribution < -0.4 is 5.69 Å². The van der Waals surface area contributed by atoms with Crippen LogP contribution in [0.3, 0.4) is 0 Å². The Labute approximate surface area is 96.3 Å². The third-order valence-corrected chi connectivity index (χ3v) is 2.28. The molecule has 86 valence electrons. The molecule has 0 saturated heterocycles. The number of nitrogens with zero attached hydrogens (tertiary/aromatic N) is 3. The zero-order valence-electron chi connectivity index (χ0n) is 8.81. The van der Waals surface area contributed by atoms with Crippen molar-refractivity contribution in [3.05, 3.63) is 68.9 Å². The second-order valence-corrected chi connectivity index (χ2v) is 3.45. The molecule has 0 unspecified atom stereocenters. The van der Waals surface area contributed by atoms with Gasteiger partial charge in [0, 0.05) is 24.5 Å². The molecule has 1 aromatic carbocycles. The molecule has 0 aliphatic carbocycles. The van der Waals surface area contributed by atoms with E-state index in [1.54, 1.807) is 24.4 Å². The molecule has 0 fully saturated rings. The predicted octanol–water partition coefficient (Wildman–Crippen LogP) is 1.20. The van der Waals surface area contributed by atoms with E-state index < -0.39 is 4.92 Å². The van der Waals surface area contributed by atoms with Gasteiger partial charge in [-0.3, -0.25) is 14.7 Å². The van der Waals surface area contributed by atoms with Gasteiger partial charge in [0.1, 0.15) is 0 Å². The van der Waals surface area contributed by atoms with Crippen LogP contribution in [0.4, 0.5) is 5.69 Å². The average Bonchev–Trinajstić information content (AvgIpc) is 2.33. The van der Waals surface area contributed by atoms with Crippen LogP contribution in [0.5, 0.6) is 0 Å². The Morgan fingerprint density at radius 1 is 1.29 bits per heavy atom. The van der Waals surface area contributed by atoms with E-state index in [9.17, 15) is 14.9 Å². The van der Waals surface area contributed by atoms with E-state index in [1.807, 2.05) is 0 Å². The number of nitro groups is 1. The molecule has 6 heteroatoms. The maximum atomic E-state index is 11.3. The Hall–Kier alpha value is -2.50. The lowest BCUT2D eigenvalue weighted by Crippen LogP contribution is -2.21. The molecular weight excluding hydrogens is 222 g/mol. The van der Waals surface area contributed by atoms with Gasteiger partial charge in [0.05, 0.1) is 11.5 Å². The predicted molar refractivity (Wildman–Crippen MR) is 60.7 cm³/mol. The zero-order valence-corrected chi connectivity index (χ0v) is 8.81. The van der Waals surface area contributed by atoms with E-state index in [-0.39, 0.29) is 11.4 Å². The Bertz CT molecular complexity index is 589. The van der Waals surface area contributed by atoms with Crippen molar-refractivity contribution < 1.29 is 4.92 Å². The molecule has 0 aliphatic heterocycles. The van der Waals surface area contributed by atoms with Crippen molar-refractivity contribution in [3.63, 3.8) is 0 Å². The number of hydrogen-bond donors (Lipinski definition) is 0. The first-order valence-corrected chi connectivity index (χ1v) is 4.91. The van der Waals surface area contributed by atoms with Gasteiger partial charge in [-0.2, -0.15) is 0 Å². The number of rotatable bonds is 3. The van der Waals surface area contributed by atoms with E-state index >= 15 is 0 Å². The van der Waals surface area contributed by atoms with Crippen molar-refractivity contribution in [1.82, 2.24) is 9.55 Å². The molecule has 0 spiro atoms. The van der Waals surface area contributed by atoms with E-state index in [0.717, 1.165) is 5.56 Å². The smallest absolute Gasteiger partial charge is 0.295 e. The van der Waals surface area contributed by atoms with Gasteiger partial charge >= 0.3 is 5.69 Å². The molecule has 0 aliphatic rings. The summed E-state index contributed by atoms with van der Waals surface area (Å²) in [6, 6.07) is 7.73.